The minimum absolute atomic E-state index is 0.122. The Morgan fingerprint density at radius 1 is 1.33 bits per heavy atom. The molecule has 1 aliphatic heterocycles. The summed E-state index contributed by atoms with van der Waals surface area (Å²) in [7, 11) is 0. The molecule has 5 nitrogen and oxygen atoms in total. The van der Waals surface area contributed by atoms with Crippen molar-refractivity contribution in [2.24, 2.45) is 0 Å². The van der Waals surface area contributed by atoms with Gasteiger partial charge in [-0.3, -0.25) is 10.1 Å². The highest BCUT2D eigenvalue weighted by molar-refractivity contribution is 5.82. The average Bonchev–Trinajstić information content (AvgIpc) is 2.87. The molecule has 1 atom stereocenters. The molecule has 1 amide bonds. The van der Waals surface area contributed by atoms with E-state index in [4.69, 9.17) is 0 Å². The van der Waals surface area contributed by atoms with Gasteiger partial charge in [-0.05, 0) is 12.8 Å². The Morgan fingerprint density at radius 2 is 2.17 bits per heavy atom. The number of carbonyl (C=O) groups is 1. The van der Waals surface area contributed by atoms with Crippen LogP contribution in [-0.4, -0.2) is 28.0 Å². The topological polar surface area (TPSA) is 69.8 Å². The molecule has 0 radical (unpaired) electrons. The fraction of sp³-hybridized carbons (Fsp3) is 0.692. The van der Waals surface area contributed by atoms with E-state index in [0.717, 1.165) is 24.2 Å². The molecule has 18 heavy (non-hydrogen) atoms. The van der Waals surface area contributed by atoms with Gasteiger partial charge in [0.1, 0.15) is 0 Å². The van der Waals surface area contributed by atoms with E-state index >= 15 is 0 Å². The summed E-state index contributed by atoms with van der Waals surface area (Å²) in [5.41, 5.74) is 2.13. The van der Waals surface area contributed by atoms with Crippen molar-refractivity contribution in [2.75, 3.05) is 0 Å². The third-order valence-corrected chi connectivity index (χ3v) is 4.00. The van der Waals surface area contributed by atoms with Gasteiger partial charge >= 0.3 is 0 Å². The number of carbonyl (C=O) groups excluding carboxylic acids is 1. The van der Waals surface area contributed by atoms with Crippen LogP contribution in [0.25, 0.3) is 0 Å². The number of hydrogen-bond donors (Lipinski definition) is 3. The molecule has 2 aliphatic rings. The van der Waals surface area contributed by atoms with Crippen LogP contribution < -0.4 is 10.6 Å². The number of aromatic amines is 1. The Kier molecular flexibility index (Phi) is 3.32. The molecule has 98 valence electrons. The largest absolute Gasteiger partial charge is 0.352 e. The van der Waals surface area contributed by atoms with E-state index in [1.54, 1.807) is 6.33 Å². The number of aromatic nitrogens is 2. The number of rotatable bonds is 2. The van der Waals surface area contributed by atoms with Gasteiger partial charge < -0.3 is 10.3 Å². The molecule has 1 aromatic heterocycles. The molecule has 5 heteroatoms. The molecule has 3 rings (SSSR count). The fourth-order valence-electron chi connectivity index (χ4n) is 2.90. The standard InChI is InChI=1S/C13H20N4O/c18-13(17-9-4-2-1-3-5-9)11-6-10-12(7-14-11)16-8-15-10/h8-9,11,14H,1-7H2,(H,15,16)(H,17,18)/t11-/m0/s1. The van der Waals surface area contributed by atoms with Crippen LogP contribution in [0.3, 0.4) is 0 Å². The molecule has 3 N–H and O–H groups in total. The quantitative estimate of drug-likeness (QED) is 0.727. The van der Waals surface area contributed by atoms with Crippen molar-refractivity contribution in [2.45, 2.75) is 57.2 Å². The van der Waals surface area contributed by atoms with Crippen LogP contribution in [0.1, 0.15) is 43.5 Å². The van der Waals surface area contributed by atoms with Crippen molar-refractivity contribution < 1.29 is 4.79 Å². The minimum atomic E-state index is -0.122. The summed E-state index contributed by atoms with van der Waals surface area (Å²) in [5.74, 6) is 0.135. The summed E-state index contributed by atoms with van der Waals surface area (Å²) in [4.78, 5) is 19.5. The van der Waals surface area contributed by atoms with Crippen LogP contribution in [0.15, 0.2) is 6.33 Å². The van der Waals surface area contributed by atoms with Gasteiger partial charge in [0, 0.05) is 19.0 Å². The van der Waals surface area contributed by atoms with Gasteiger partial charge in [-0.25, -0.2) is 4.98 Å². The highest BCUT2D eigenvalue weighted by atomic mass is 16.2. The molecule has 0 bridgehead atoms. The highest BCUT2D eigenvalue weighted by Crippen LogP contribution is 2.18. The third kappa shape index (κ3) is 2.41. The maximum atomic E-state index is 12.2. The van der Waals surface area contributed by atoms with E-state index in [1.807, 2.05) is 0 Å². The second-order valence-electron chi connectivity index (χ2n) is 5.31. The van der Waals surface area contributed by atoms with Crippen molar-refractivity contribution in [1.29, 1.82) is 0 Å². The second-order valence-corrected chi connectivity index (χ2v) is 5.31. The molecule has 1 saturated carbocycles. The van der Waals surface area contributed by atoms with Crippen LogP contribution in [0.5, 0.6) is 0 Å². The van der Waals surface area contributed by atoms with Gasteiger partial charge in [-0.2, -0.15) is 0 Å². The Labute approximate surface area is 107 Å². The molecular weight excluding hydrogens is 228 g/mol. The second kappa shape index (κ2) is 5.10. The van der Waals surface area contributed by atoms with Crippen molar-refractivity contribution in [3.05, 3.63) is 17.7 Å². The molecule has 1 aliphatic carbocycles. The first kappa shape index (κ1) is 11.7. The highest BCUT2D eigenvalue weighted by Gasteiger charge is 2.27. The first-order valence-electron chi connectivity index (χ1n) is 6.88. The van der Waals surface area contributed by atoms with E-state index in [1.165, 1.54) is 19.3 Å². The van der Waals surface area contributed by atoms with Gasteiger partial charge in [-0.15, -0.1) is 0 Å². The van der Waals surface area contributed by atoms with Gasteiger partial charge in [0.05, 0.1) is 23.8 Å². The Balaban J connectivity index is 1.57. The van der Waals surface area contributed by atoms with Crippen LogP contribution >= 0.6 is 0 Å². The molecule has 0 aromatic carbocycles. The summed E-state index contributed by atoms with van der Waals surface area (Å²) in [6.07, 6.45) is 8.45. The van der Waals surface area contributed by atoms with E-state index in [2.05, 4.69) is 20.6 Å². The normalized spacial score (nSPS) is 24.6. The number of nitrogens with one attached hydrogen (secondary N) is 3. The van der Waals surface area contributed by atoms with Gasteiger partial charge in [0.2, 0.25) is 5.91 Å². The van der Waals surface area contributed by atoms with Gasteiger partial charge in [0.15, 0.2) is 0 Å². The molecule has 0 spiro atoms. The first-order valence-corrected chi connectivity index (χ1v) is 6.88. The SMILES string of the molecule is O=C(NC1CCCCC1)[C@@H]1Cc2nc[nH]c2CN1. The monoisotopic (exact) mass is 248 g/mol. The molecular formula is C13H20N4O. The number of imidazole rings is 1. The van der Waals surface area contributed by atoms with E-state index in [0.29, 0.717) is 19.0 Å². The Morgan fingerprint density at radius 3 is 3.00 bits per heavy atom. The van der Waals surface area contributed by atoms with E-state index in [9.17, 15) is 4.79 Å². The lowest BCUT2D eigenvalue weighted by molar-refractivity contribution is -0.124. The summed E-state index contributed by atoms with van der Waals surface area (Å²) in [6.45, 7) is 0.706. The molecule has 0 unspecified atom stereocenters. The van der Waals surface area contributed by atoms with Crippen LogP contribution in [0, 0.1) is 0 Å². The first-order chi connectivity index (χ1) is 8.83. The van der Waals surface area contributed by atoms with Crippen LogP contribution in [-0.2, 0) is 17.8 Å². The molecule has 1 fully saturated rings. The average molecular weight is 248 g/mol. The summed E-state index contributed by atoms with van der Waals surface area (Å²) < 4.78 is 0. The summed E-state index contributed by atoms with van der Waals surface area (Å²) in [6, 6.07) is 0.261. The number of amides is 1. The number of fused-ring (bicyclic) bond motifs is 1. The van der Waals surface area contributed by atoms with Crippen molar-refractivity contribution in [1.82, 2.24) is 20.6 Å². The molecule has 2 heterocycles. The molecule has 1 aromatic rings. The van der Waals surface area contributed by atoms with Crippen LogP contribution in [0.4, 0.5) is 0 Å². The number of H-pyrrole nitrogens is 1. The summed E-state index contributed by atoms with van der Waals surface area (Å²) in [5, 5.41) is 6.44. The zero-order chi connectivity index (χ0) is 12.4. The zero-order valence-electron chi connectivity index (χ0n) is 10.5. The number of nitrogens with zero attached hydrogens (tertiary/aromatic N) is 1. The van der Waals surface area contributed by atoms with Crippen molar-refractivity contribution >= 4 is 5.91 Å². The lowest BCUT2D eigenvalue weighted by Gasteiger charge is -2.27. The Hall–Kier alpha value is -1.36. The lowest BCUT2D eigenvalue weighted by Crippen LogP contribution is -2.50. The fourth-order valence-corrected chi connectivity index (χ4v) is 2.90. The maximum absolute atomic E-state index is 12.2. The third-order valence-electron chi connectivity index (χ3n) is 4.00. The smallest absolute Gasteiger partial charge is 0.237 e. The number of hydrogen-bond acceptors (Lipinski definition) is 3. The zero-order valence-corrected chi connectivity index (χ0v) is 10.5. The van der Waals surface area contributed by atoms with Crippen LogP contribution in [0.2, 0.25) is 0 Å². The van der Waals surface area contributed by atoms with E-state index < -0.39 is 0 Å². The predicted molar refractivity (Wildman–Crippen MR) is 67.9 cm³/mol. The van der Waals surface area contributed by atoms with Gasteiger partial charge in [0.25, 0.3) is 0 Å². The van der Waals surface area contributed by atoms with E-state index in [-0.39, 0.29) is 11.9 Å². The predicted octanol–water partition coefficient (Wildman–Crippen LogP) is 0.873. The van der Waals surface area contributed by atoms with Gasteiger partial charge in [-0.1, -0.05) is 19.3 Å². The summed E-state index contributed by atoms with van der Waals surface area (Å²) >= 11 is 0. The van der Waals surface area contributed by atoms with Crippen molar-refractivity contribution in [3.63, 3.8) is 0 Å². The van der Waals surface area contributed by atoms with Crippen molar-refractivity contribution in [3.8, 4) is 0 Å². The maximum Gasteiger partial charge on any atom is 0.237 e. The molecule has 0 saturated heterocycles. The lowest BCUT2D eigenvalue weighted by atomic mass is 9.95. The minimum Gasteiger partial charge on any atom is -0.352 e. The Bertz CT molecular complexity index is 422.